The second-order valence-corrected chi connectivity index (χ2v) is 7.34. The highest BCUT2D eigenvalue weighted by Gasteiger charge is 2.58. The summed E-state index contributed by atoms with van der Waals surface area (Å²) in [6.07, 6.45) is 1.03. The van der Waals surface area contributed by atoms with Crippen molar-refractivity contribution in [1.29, 1.82) is 0 Å². The van der Waals surface area contributed by atoms with Gasteiger partial charge in [0.25, 0.3) is 0 Å². The summed E-state index contributed by atoms with van der Waals surface area (Å²) in [5.74, 6) is -0.546. The lowest BCUT2D eigenvalue weighted by molar-refractivity contribution is -0.132. The maximum absolute atomic E-state index is 13.2. The fourth-order valence-electron chi connectivity index (χ4n) is 3.01. The van der Waals surface area contributed by atoms with E-state index in [9.17, 15) is 9.59 Å². The molecule has 2 amide bonds. The molecule has 0 atom stereocenters. The van der Waals surface area contributed by atoms with E-state index >= 15 is 0 Å². The van der Waals surface area contributed by atoms with Crippen molar-refractivity contribution in [2.75, 3.05) is 16.8 Å². The van der Waals surface area contributed by atoms with Crippen LogP contribution in [0.25, 0.3) is 0 Å². The molecule has 1 aliphatic carbocycles. The Morgan fingerprint density at radius 2 is 1.73 bits per heavy atom. The van der Waals surface area contributed by atoms with Crippen LogP contribution in [-0.4, -0.2) is 18.4 Å². The molecule has 0 saturated heterocycles. The van der Waals surface area contributed by atoms with E-state index in [-0.39, 0.29) is 11.8 Å². The minimum atomic E-state index is -1.05. The molecule has 1 aliphatic rings. The molecule has 0 unspecified atom stereocenters. The molecule has 0 bridgehead atoms. The van der Waals surface area contributed by atoms with E-state index < -0.39 is 5.41 Å². The second kappa shape index (κ2) is 7.29. The number of rotatable bonds is 5. The fraction of sp³-hybridized carbons (Fsp3) is 0.300. The SMILES string of the molecule is CCN(C(=O)C1(C(=O)Nc2c(Cl)cccc2Cl)CC1)c1cccc(C)c1. The Morgan fingerprint density at radius 1 is 1.12 bits per heavy atom. The van der Waals surface area contributed by atoms with Gasteiger partial charge in [0.2, 0.25) is 11.8 Å². The molecule has 4 nitrogen and oxygen atoms in total. The van der Waals surface area contributed by atoms with Gasteiger partial charge >= 0.3 is 0 Å². The van der Waals surface area contributed by atoms with E-state index in [1.54, 1.807) is 23.1 Å². The number of halogens is 2. The van der Waals surface area contributed by atoms with Crippen molar-refractivity contribution in [3.05, 3.63) is 58.1 Å². The van der Waals surface area contributed by atoms with Crippen LogP contribution < -0.4 is 10.2 Å². The summed E-state index contributed by atoms with van der Waals surface area (Å²) in [4.78, 5) is 27.7. The molecule has 0 heterocycles. The van der Waals surface area contributed by atoms with Crippen molar-refractivity contribution in [1.82, 2.24) is 0 Å². The molecule has 136 valence electrons. The first-order chi connectivity index (χ1) is 12.4. The summed E-state index contributed by atoms with van der Waals surface area (Å²) in [5, 5.41) is 3.45. The lowest BCUT2D eigenvalue weighted by Crippen LogP contribution is -2.43. The molecule has 2 aromatic rings. The van der Waals surface area contributed by atoms with Gasteiger partial charge in [-0.3, -0.25) is 9.59 Å². The highest BCUT2D eigenvalue weighted by Crippen LogP contribution is 2.49. The van der Waals surface area contributed by atoms with Gasteiger partial charge in [0.1, 0.15) is 5.41 Å². The molecule has 0 aromatic heterocycles. The van der Waals surface area contributed by atoms with Gasteiger partial charge in [0, 0.05) is 12.2 Å². The fourth-order valence-corrected chi connectivity index (χ4v) is 3.50. The van der Waals surface area contributed by atoms with Gasteiger partial charge in [0.05, 0.1) is 15.7 Å². The Morgan fingerprint density at radius 3 is 2.27 bits per heavy atom. The molecule has 0 radical (unpaired) electrons. The van der Waals surface area contributed by atoms with Gasteiger partial charge in [-0.2, -0.15) is 0 Å². The predicted octanol–water partition coefficient (Wildman–Crippen LogP) is 5.07. The van der Waals surface area contributed by atoms with E-state index in [4.69, 9.17) is 23.2 Å². The van der Waals surface area contributed by atoms with Crippen LogP contribution in [0, 0.1) is 12.3 Å². The Balaban J connectivity index is 1.85. The van der Waals surface area contributed by atoms with Crippen molar-refractivity contribution in [3.63, 3.8) is 0 Å². The summed E-state index contributed by atoms with van der Waals surface area (Å²) < 4.78 is 0. The molecule has 1 N–H and O–H groups in total. The zero-order valence-corrected chi connectivity index (χ0v) is 16.2. The monoisotopic (exact) mass is 390 g/mol. The number of aryl methyl sites for hydroxylation is 1. The molecule has 2 aromatic carbocycles. The number of para-hydroxylation sites is 1. The topological polar surface area (TPSA) is 49.4 Å². The van der Waals surface area contributed by atoms with Crippen LogP contribution in [0.2, 0.25) is 10.0 Å². The first-order valence-electron chi connectivity index (χ1n) is 8.53. The second-order valence-electron chi connectivity index (χ2n) is 6.52. The molecule has 26 heavy (non-hydrogen) atoms. The third kappa shape index (κ3) is 3.44. The quantitative estimate of drug-likeness (QED) is 0.724. The summed E-state index contributed by atoms with van der Waals surface area (Å²) in [7, 11) is 0. The standard InChI is InChI=1S/C20H20Cl2N2O2/c1-3-24(14-7-4-6-13(2)12-14)19(26)20(10-11-20)18(25)23-17-15(21)8-5-9-16(17)22/h4-9,12H,3,10-11H2,1-2H3,(H,23,25). The van der Waals surface area contributed by atoms with Crippen LogP contribution in [0.15, 0.2) is 42.5 Å². The summed E-state index contributed by atoms with van der Waals surface area (Å²) in [5.41, 5.74) is 1.15. The van der Waals surface area contributed by atoms with Crippen LogP contribution in [-0.2, 0) is 9.59 Å². The molecule has 0 aliphatic heterocycles. The first-order valence-corrected chi connectivity index (χ1v) is 9.29. The van der Waals surface area contributed by atoms with E-state index in [1.807, 2.05) is 38.1 Å². The lowest BCUT2D eigenvalue weighted by Gasteiger charge is -2.26. The van der Waals surface area contributed by atoms with Gasteiger partial charge in [0.15, 0.2) is 0 Å². The number of nitrogens with one attached hydrogen (secondary N) is 1. The number of benzene rings is 2. The predicted molar refractivity (Wildman–Crippen MR) is 106 cm³/mol. The Hall–Kier alpha value is -2.04. The number of anilines is 2. The van der Waals surface area contributed by atoms with Gasteiger partial charge in [-0.25, -0.2) is 0 Å². The number of nitrogens with zero attached hydrogens (tertiary/aromatic N) is 1. The first kappa shape index (κ1) is 18.7. The largest absolute Gasteiger partial charge is 0.323 e. The molecule has 0 spiro atoms. The van der Waals surface area contributed by atoms with Crippen LogP contribution in [0.4, 0.5) is 11.4 Å². The van der Waals surface area contributed by atoms with Crippen molar-refractivity contribution in [3.8, 4) is 0 Å². The van der Waals surface area contributed by atoms with Gasteiger partial charge < -0.3 is 10.2 Å². The third-order valence-electron chi connectivity index (χ3n) is 4.67. The van der Waals surface area contributed by atoms with Crippen molar-refractivity contribution in [2.24, 2.45) is 5.41 Å². The normalized spacial score (nSPS) is 14.6. The maximum atomic E-state index is 13.2. The third-order valence-corrected chi connectivity index (χ3v) is 5.30. The summed E-state index contributed by atoms with van der Waals surface area (Å²) >= 11 is 12.3. The smallest absolute Gasteiger partial charge is 0.242 e. The minimum absolute atomic E-state index is 0.189. The Bertz CT molecular complexity index is 842. The molecule has 1 fully saturated rings. The number of hydrogen-bond acceptors (Lipinski definition) is 2. The Kier molecular flexibility index (Phi) is 5.26. The van der Waals surface area contributed by atoms with Crippen molar-refractivity contribution < 1.29 is 9.59 Å². The average molecular weight is 391 g/mol. The van der Waals surface area contributed by atoms with Crippen LogP contribution in [0.5, 0.6) is 0 Å². The van der Waals surface area contributed by atoms with Gasteiger partial charge in [-0.15, -0.1) is 0 Å². The molecule has 6 heteroatoms. The number of carbonyl (C=O) groups excluding carboxylic acids is 2. The van der Waals surface area contributed by atoms with Crippen LogP contribution in [0.3, 0.4) is 0 Å². The zero-order chi connectivity index (χ0) is 18.9. The highest BCUT2D eigenvalue weighted by molar-refractivity contribution is 6.40. The molecular weight excluding hydrogens is 371 g/mol. The number of carbonyl (C=O) groups is 2. The zero-order valence-electron chi connectivity index (χ0n) is 14.7. The van der Waals surface area contributed by atoms with E-state index in [0.717, 1.165) is 11.3 Å². The number of amides is 2. The number of hydrogen-bond donors (Lipinski definition) is 1. The van der Waals surface area contributed by atoms with Crippen LogP contribution >= 0.6 is 23.2 Å². The minimum Gasteiger partial charge on any atom is -0.323 e. The van der Waals surface area contributed by atoms with Gasteiger partial charge in [-0.05, 0) is 56.5 Å². The average Bonchev–Trinajstić information content (AvgIpc) is 3.41. The van der Waals surface area contributed by atoms with Crippen LogP contribution in [0.1, 0.15) is 25.3 Å². The van der Waals surface area contributed by atoms with Gasteiger partial charge in [-0.1, -0.05) is 41.4 Å². The van der Waals surface area contributed by atoms with E-state index in [1.165, 1.54) is 0 Å². The Labute approximate surface area is 163 Å². The van der Waals surface area contributed by atoms with Crippen molar-refractivity contribution in [2.45, 2.75) is 26.7 Å². The maximum Gasteiger partial charge on any atom is 0.242 e. The molecular formula is C20H20Cl2N2O2. The van der Waals surface area contributed by atoms with E-state index in [0.29, 0.717) is 35.1 Å². The van der Waals surface area contributed by atoms with E-state index in [2.05, 4.69) is 5.32 Å². The molecule has 1 saturated carbocycles. The summed E-state index contributed by atoms with van der Waals surface area (Å²) in [6, 6.07) is 12.7. The molecule has 3 rings (SSSR count). The lowest BCUT2D eigenvalue weighted by atomic mass is 10.0. The van der Waals surface area contributed by atoms with Crippen molar-refractivity contribution >= 4 is 46.4 Å². The highest BCUT2D eigenvalue weighted by atomic mass is 35.5. The summed E-state index contributed by atoms with van der Waals surface area (Å²) in [6.45, 7) is 4.37.